The second kappa shape index (κ2) is 7.49. The molecule has 2 rings (SSSR count). The monoisotopic (exact) mass is 268 g/mol. The van der Waals surface area contributed by atoms with Gasteiger partial charge in [-0.15, -0.1) is 0 Å². The molecule has 1 aromatic carbocycles. The van der Waals surface area contributed by atoms with Crippen molar-refractivity contribution in [1.82, 2.24) is 5.32 Å². The number of nitrogens with zero attached hydrogens (tertiary/aromatic N) is 1. The van der Waals surface area contributed by atoms with E-state index in [0.717, 1.165) is 18.4 Å². The third-order valence-corrected chi connectivity index (χ3v) is 3.64. The normalized spacial score (nSPS) is 16.6. The van der Waals surface area contributed by atoms with Crippen molar-refractivity contribution in [1.29, 1.82) is 5.26 Å². The number of benzene rings is 1. The number of hydrogen-bond donors (Lipinski definition) is 1. The van der Waals surface area contributed by atoms with Crippen molar-refractivity contribution in [2.24, 2.45) is 0 Å². The van der Waals surface area contributed by atoms with Crippen LogP contribution in [0.1, 0.15) is 49.7 Å². The van der Waals surface area contributed by atoms with E-state index in [4.69, 9.17) is 5.26 Å². The number of carbonyl (C=O) groups excluding carboxylic acids is 1. The SMILES string of the molecule is N#Cc1cccc(/C=C/C(=O)NC2CCCCCC2)c1. The molecule has 1 N–H and O–H groups in total. The summed E-state index contributed by atoms with van der Waals surface area (Å²) in [5.41, 5.74) is 1.48. The first-order valence-electron chi connectivity index (χ1n) is 7.26. The predicted molar refractivity (Wildman–Crippen MR) is 79.8 cm³/mol. The molecule has 0 spiro atoms. The molecule has 3 nitrogen and oxygen atoms in total. The Labute approximate surface area is 120 Å². The lowest BCUT2D eigenvalue weighted by molar-refractivity contribution is -0.117. The third kappa shape index (κ3) is 4.55. The minimum absolute atomic E-state index is 0.0424. The van der Waals surface area contributed by atoms with Crippen molar-refractivity contribution in [2.45, 2.75) is 44.6 Å². The average Bonchev–Trinajstić information content (AvgIpc) is 2.74. The molecule has 1 amide bonds. The van der Waals surface area contributed by atoms with Crippen LogP contribution in [0.25, 0.3) is 6.08 Å². The molecule has 1 aliphatic carbocycles. The predicted octanol–water partition coefficient (Wildman–Crippen LogP) is 3.41. The summed E-state index contributed by atoms with van der Waals surface area (Å²) in [5, 5.41) is 11.9. The summed E-state index contributed by atoms with van der Waals surface area (Å²) < 4.78 is 0. The number of carbonyl (C=O) groups is 1. The van der Waals surface area contributed by atoms with Gasteiger partial charge in [-0.25, -0.2) is 0 Å². The molecule has 1 saturated carbocycles. The van der Waals surface area contributed by atoms with Gasteiger partial charge in [-0.2, -0.15) is 5.26 Å². The molecule has 104 valence electrons. The molecule has 0 saturated heterocycles. The Hall–Kier alpha value is -2.08. The highest BCUT2D eigenvalue weighted by Crippen LogP contribution is 2.17. The molecule has 0 heterocycles. The lowest BCUT2D eigenvalue weighted by Crippen LogP contribution is -2.33. The zero-order chi connectivity index (χ0) is 14.2. The van der Waals surface area contributed by atoms with Crippen LogP contribution in [0.2, 0.25) is 0 Å². The summed E-state index contributed by atoms with van der Waals surface area (Å²) in [4.78, 5) is 11.9. The van der Waals surface area contributed by atoms with Crippen LogP contribution in [0, 0.1) is 11.3 Å². The summed E-state index contributed by atoms with van der Waals surface area (Å²) in [5.74, 6) is -0.0424. The number of rotatable bonds is 3. The van der Waals surface area contributed by atoms with Crippen molar-refractivity contribution in [3.63, 3.8) is 0 Å². The van der Waals surface area contributed by atoms with Crippen LogP contribution in [0.4, 0.5) is 0 Å². The van der Waals surface area contributed by atoms with E-state index >= 15 is 0 Å². The fourth-order valence-corrected chi connectivity index (χ4v) is 2.56. The van der Waals surface area contributed by atoms with Crippen LogP contribution in [-0.4, -0.2) is 11.9 Å². The van der Waals surface area contributed by atoms with Gasteiger partial charge in [-0.05, 0) is 36.6 Å². The quantitative estimate of drug-likeness (QED) is 0.674. The van der Waals surface area contributed by atoms with Gasteiger partial charge in [0.25, 0.3) is 0 Å². The number of nitriles is 1. The zero-order valence-electron chi connectivity index (χ0n) is 11.6. The zero-order valence-corrected chi connectivity index (χ0v) is 11.6. The first kappa shape index (κ1) is 14.3. The highest BCUT2D eigenvalue weighted by Gasteiger charge is 2.12. The molecular weight excluding hydrogens is 248 g/mol. The molecule has 1 fully saturated rings. The van der Waals surface area contributed by atoms with Crippen LogP contribution >= 0.6 is 0 Å². The van der Waals surface area contributed by atoms with Crippen molar-refractivity contribution in [3.8, 4) is 6.07 Å². The van der Waals surface area contributed by atoms with Gasteiger partial charge in [-0.1, -0.05) is 37.8 Å². The molecular formula is C17H20N2O. The maximum atomic E-state index is 11.9. The number of nitrogens with one attached hydrogen (secondary N) is 1. The lowest BCUT2D eigenvalue weighted by atomic mass is 10.1. The van der Waals surface area contributed by atoms with E-state index in [1.54, 1.807) is 24.3 Å². The Morgan fingerprint density at radius 3 is 2.70 bits per heavy atom. The average molecular weight is 268 g/mol. The van der Waals surface area contributed by atoms with Gasteiger partial charge in [0.2, 0.25) is 5.91 Å². The Morgan fingerprint density at radius 1 is 1.25 bits per heavy atom. The smallest absolute Gasteiger partial charge is 0.244 e. The third-order valence-electron chi connectivity index (χ3n) is 3.64. The minimum atomic E-state index is -0.0424. The molecule has 0 atom stereocenters. The lowest BCUT2D eigenvalue weighted by Gasteiger charge is -2.14. The van der Waals surface area contributed by atoms with Gasteiger partial charge in [0, 0.05) is 12.1 Å². The first-order chi connectivity index (χ1) is 9.78. The van der Waals surface area contributed by atoms with E-state index < -0.39 is 0 Å². The Bertz CT molecular complexity index is 520. The molecule has 1 aliphatic rings. The molecule has 1 aromatic rings. The van der Waals surface area contributed by atoms with Gasteiger partial charge in [0.05, 0.1) is 11.6 Å². The highest BCUT2D eigenvalue weighted by atomic mass is 16.1. The molecule has 3 heteroatoms. The standard InChI is InChI=1S/C17H20N2O/c18-13-15-7-5-6-14(12-15)10-11-17(20)19-16-8-3-1-2-4-9-16/h5-7,10-12,16H,1-4,8-9H2,(H,19,20)/b11-10+. The van der Waals surface area contributed by atoms with Gasteiger partial charge in [0.15, 0.2) is 0 Å². The Morgan fingerprint density at radius 2 is 2.00 bits per heavy atom. The second-order valence-electron chi connectivity index (χ2n) is 5.27. The summed E-state index contributed by atoms with van der Waals surface area (Å²) in [6.45, 7) is 0. The van der Waals surface area contributed by atoms with Crippen LogP contribution < -0.4 is 5.32 Å². The topological polar surface area (TPSA) is 52.9 Å². The number of amides is 1. The second-order valence-corrected chi connectivity index (χ2v) is 5.27. The van der Waals surface area contributed by atoms with E-state index in [2.05, 4.69) is 11.4 Å². The van der Waals surface area contributed by atoms with Crippen LogP contribution in [0.5, 0.6) is 0 Å². The van der Waals surface area contributed by atoms with Crippen LogP contribution in [0.3, 0.4) is 0 Å². The summed E-state index contributed by atoms with van der Waals surface area (Å²) >= 11 is 0. The molecule has 0 unspecified atom stereocenters. The number of hydrogen-bond acceptors (Lipinski definition) is 2. The van der Waals surface area contributed by atoms with Gasteiger partial charge >= 0.3 is 0 Å². The van der Waals surface area contributed by atoms with E-state index in [-0.39, 0.29) is 5.91 Å². The largest absolute Gasteiger partial charge is 0.350 e. The van der Waals surface area contributed by atoms with Gasteiger partial charge in [0.1, 0.15) is 0 Å². The maximum absolute atomic E-state index is 11.9. The summed E-state index contributed by atoms with van der Waals surface area (Å²) in [7, 11) is 0. The summed E-state index contributed by atoms with van der Waals surface area (Å²) in [6, 6.07) is 9.64. The minimum Gasteiger partial charge on any atom is -0.350 e. The first-order valence-corrected chi connectivity index (χ1v) is 7.26. The van der Waals surface area contributed by atoms with Crippen molar-refractivity contribution in [3.05, 3.63) is 41.5 Å². The van der Waals surface area contributed by atoms with Gasteiger partial charge < -0.3 is 5.32 Å². The van der Waals surface area contributed by atoms with Crippen molar-refractivity contribution >= 4 is 12.0 Å². The maximum Gasteiger partial charge on any atom is 0.244 e. The van der Waals surface area contributed by atoms with Gasteiger partial charge in [-0.3, -0.25) is 4.79 Å². The Balaban J connectivity index is 1.89. The summed E-state index contributed by atoms with van der Waals surface area (Å²) in [6.07, 6.45) is 10.5. The van der Waals surface area contributed by atoms with Crippen molar-refractivity contribution < 1.29 is 4.79 Å². The van der Waals surface area contributed by atoms with E-state index in [9.17, 15) is 4.79 Å². The fourth-order valence-electron chi connectivity index (χ4n) is 2.56. The van der Waals surface area contributed by atoms with E-state index in [0.29, 0.717) is 11.6 Å². The fraction of sp³-hybridized carbons (Fsp3) is 0.412. The molecule has 0 radical (unpaired) electrons. The molecule has 20 heavy (non-hydrogen) atoms. The Kier molecular flexibility index (Phi) is 5.37. The highest BCUT2D eigenvalue weighted by molar-refractivity contribution is 5.91. The molecule has 0 aromatic heterocycles. The van der Waals surface area contributed by atoms with Crippen molar-refractivity contribution in [2.75, 3.05) is 0 Å². The van der Waals surface area contributed by atoms with E-state index in [1.165, 1.54) is 25.7 Å². The molecule has 0 bridgehead atoms. The van der Waals surface area contributed by atoms with E-state index in [1.807, 2.05) is 12.1 Å². The molecule has 0 aliphatic heterocycles. The van der Waals surface area contributed by atoms with Crippen LogP contribution in [-0.2, 0) is 4.79 Å². The van der Waals surface area contributed by atoms with Crippen LogP contribution in [0.15, 0.2) is 30.3 Å².